The second-order valence-corrected chi connectivity index (χ2v) is 5.71. The van der Waals surface area contributed by atoms with Gasteiger partial charge in [0.15, 0.2) is 0 Å². The molecule has 0 aromatic carbocycles. The van der Waals surface area contributed by atoms with E-state index < -0.39 is 0 Å². The van der Waals surface area contributed by atoms with Gasteiger partial charge in [0.05, 0.1) is 0 Å². The fraction of sp³-hybridized carbons (Fsp3) is 0.923. The molecular weight excluding hydrogens is 186 g/mol. The number of carbonyl (C=O) groups is 1. The Hall–Kier alpha value is -0.370. The minimum Gasteiger partial charge on any atom is -0.300 e. The lowest BCUT2D eigenvalue weighted by atomic mass is 9.76. The first-order valence-corrected chi connectivity index (χ1v) is 6.37. The Labute approximate surface area is 93.0 Å². The summed E-state index contributed by atoms with van der Waals surface area (Å²) < 4.78 is 0. The van der Waals surface area contributed by atoms with E-state index in [1.165, 1.54) is 25.7 Å². The first-order valence-electron chi connectivity index (χ1n) is 6.37. The van der Waals surface area contributed by atoms with E-state index in [2.05, 4.69) is 18.7 Å². The van der Waals surface area contributed by atoms with Gasteiger partial charge < -0.3 is 0 Å². The van der Waals surface area contributed by atoms with Crippen LogP contribution in [0.4, 0.5) is 0 Å². The number of carbonyl (C=O) groups excluding carboxylic acids is 1. The van der Waals surface area contributed by atoms with Crippen molar-refractivity contribution in [3.8, 4) is 0 Å². The van der Waals surface area contributed by atoms with Crippen molar-refractivity contribution in [2.75, 3.05) is 13.1 Å². The van der Waals surface area contributed by atoms with Gasteiger partial charge in [0.2, 0.25) is 0 Å². The molecule has 0 atom stereocenters. The smallest absolute Gasteiger partial charge is 0.135 e. The molecule has 2 heteroatoms. The van der Waals surface area contributed by atoms with Crippen molar-refractivity contribution in [1.82, 2.24) is 4.90 Å². The fourth-order valence-corrected chi connectivity index (χ4v) is 3.00. The van der Waals surface area contributed by atoms with Crippen LogP contribution in [0.25, 0.3) is 0 Å². The highest BCUT2D eigenvalue weighted by Gasteiger charge is 2.36. The van der Waals surface area contributed by atoms with Gasteiger partial charge in [-0.15, -0.1) is 0 Å². The molecule has 1 saturated heterocycles. The Kier molecular flexibility index (Phi) is 3.15. The Morgan fingerprint density at radius 1 is 1.20 bits per heavy atom. The van der Waals surface area contributed by atoms with Crippen molar-refractivity contribution in [3.05, 3.63) is 0 Å². The summed E-state index contributed by atoms with van der Waals surface area (Å²) >= 11 is 0. The first-order chi connectivity index (χ1) is 7.10. The van der Waals surface area contributed by atoms with Gasteiger partial charge in [-0.05, 0) is 38.5 Å². The van der Waals surface area contributed by atoms with E-state index >= 15 is 0 Å². The monoisotopic (exact) mass is 209 g/mol. The summed E-state index contributed by atoms with van der Waals surface area (Å²) in [6.07, 6.45) is 6.93. The summed E-state index contributed by atoms with van der Waals surface area (Å²) in [5, 5.41) is 0. The molecule has 0 aromatic rings. The van der Waals surface area contributed by atoms with Crippen molar-refractivity contribution < 1.29 is 4.79 Å². The average molecular weight is 209 g/mol. The van der Waals surface area contributed by atoms with Crippen molar-refractivity contribution in [2.45, 2.75) is 57.9 Å². The predicted molar refractivity (Wildman–Crippen MR) is 61.9 cm³/mol. The van der Waals surface area contributed by atoms with Crippen LogP contribution in [0.15, 0.2) is 0 Å². The zero-order valence-corrected chi connectivity index (χ0v) is 10.1. The second kappa shape index (κ2) is 4.25. The van der Waals surface area contributed by atoms with Crippen LogP contribution in [0, 0.1) is 5.92 Å². The molecule has 2 rings (SSSR count). The van der Waals surface area contributed by atoms with E-state index in [0.717, 1.165) is 31.8 Å². The molecule has 2 nitrogen and oxygen atoms in total. The molecule has 0 spiro atoms. The number of nitrogens with zero attached hydrogens (tertiary/aromatic N) is 1. The number of Topliss-reactive ketones (excluding diaryl/α,β-unsaturated/α-hetero) is 1. The lowest BCUT2D eigenvalue weighted by Crippen LogP contribution is -2.51. The van der Waals surface area contributed by atoms with Gasteiger partial charge in [-0.25, -0.2) is 0 Å². The van der Waals surface area contributed by atoms with Crippen LogP contribution in [0.5, 0.6) is 0 Å². The maximum Gasteiger partial charge on any atom is 0.135 e. The van der Waals surface area contributed by atoms with Gasteiger partial charge in [0.1, 0.15) is 5.78 Å². The van der Waals surface area contributed by atoms with E-state index in [9.17, 15) is 4.79 Å². The highest BCUT2D eigenvalue weighted by atomic mass is 16.1. The van der Waals surface area contributed by atoms with Crippen LogP contribution in [-0.2, 0) is 4.79 Å². The Balaban J connectivity index is 1.94. The molecule has 15 heavy (non-hydrogen) atoms. The lowest BCUT2D eigenvalue weighted by Gasteiger charge is -2.46. The minimum atomic E-state index is 0.396. The second-order valence-electron chi connectivity index (χ2n) is 5.71. The minimum absolute atomic E-state index is 0.396. The predicted octanol–water partition coefficient (Wildman–Crippen LogP) is 2.62. The first kappa shape index (κ1) is 11.1. The highest BCUT2D eigenvalue weighted by Crippen LogP contribution is 2.36. The van der Waals surface area contributed by atoms with Crippen LogP contribution in [0.2, 0.25) is 0 Å². The molecular formula is C13H23NO. The molecule has 86 valence electrons. The van der Waals surface area contributed by atoms with Gasteiger partial charge >= 0.3 is 0 Å². The van der Waals surface area contributed by atoms with Gasteiger partial charge in [-0.2, -0.15) is 0 Å². The van der Waals surface area contributed by atoms with E-state index in [1.54, 1.807) is 0 Å². The highest BCUT2D eigenvalue weighted by molar-refractivity contribution is 5.79. The Morgan fingerprint density at radius 2 is 1.73 bits per heavy atom. The molecule has 0 radical (unpaired) electrons. The van der Waals surface area contributed by atoms with Crippen LogP contribution in [-0.4, -0.2) is 29.3 Å². The van der Waals surface area contributed by atoms with Crippen LogP contribution >= 0.6 is 0 Å². The van der Waals surface area contributed by atoms with Gasteiger partial charge in [-0.3, -0.25) is 9.69 Å². The topological polar surface area (TPSA) is 20.3 Å². The fourth-order valence-electron chi connectivity index (χ4n) is 3.00. The van der Waals surface area contributed by atoms with Gasteiger partial charge in [-0.1, -0.05) is 6.92 Å². The van der Waals surface area contributed by atoms with Gasteiger partial charge in [0, 0.05) is 31.5 Å². The quantitative estimate of drug-likeness (QED) is 0.661. The third-order valence-electron chi connectivity index (χ3n) is 4.44. The number of likely N-dealkylation sites (tertiary alicyclic amines) is 1. The van der Waals surface area contributed by atoms with E-state index in [0.29, 0.717) is 11.3 Å². The lowest BCUT2D eigenvalue weighted by molar-refractivity contribution is -0.123. The molecule has 1 saturated carbocycles. The molecule has 2 aliphatic rings. The molecule has 1 aliphatic carbocycles. The Morgan fingerprint density at radius 3 is 2.27 bits per heavy atom. The normalized spacial score (nSPS) is 39.3. The van der Waals surface area contributed by atoms with E-state index in [1.807, 2.05) is 0 Å². The third-order valence-corrected chi connectivity index (χ3v) is 4.44. The summed E-state index contributed by atoms with van der Waals surface area (Å²) in [6, 6.07) is 0. The summed E-state index contributed by atoms with van der Waals surface area (Å²) in [7, 11) is 0. The molecule has 1 aliphatic heterocycles. The SMILES string of the molecule is C[C@H]1CC[C@@](C)(N2CCC(=O)CC2)CC1. The summed E-state index contributed by atoms with van der Waals surface area (Å²) in [5.41, 5.74) is 0.396. The molecule has 0 bridgehead atoms. The molecule has 0 N–H and O–H groups in total. The number of piperidine rings is 1. The summed E-state index contributed by atoms with van der Waals surface area (Å²) in [5.74, 6) is 1.36. The standard InChI is InChI=1S/C13H23NO/c1-11-3-7-13(2,8-4-11)14-9-5-12(15)6-10-14/h11H,3-10H2,1-2H3/t11-,13+. The van der Waals surface area contributed by atoms with Crippen molar-refractivity contribution in [1.29, 1.82) is 0 Å². The largest absolute Gasteiger partial charge is 0.300 e. The van der Waals surface area contributed by atoms with E-state index in [4.69, 9.17) is 0 Å². The summed E-state index contributed by atoms with van der Waals surface area (Å²) in [4.78, 5) is 13.8. The van der Waals surface area contributed by atoms with Crippen LogP contribution in [0.1, 0.15) is 52.4 Å². The number of ketones is 1. The molecule has 0 aromatic heterocycles. The number of hydrogen-bond donors (Lipinski definition) is 0. The zero-order chi connectivity index (χ0) is 10.9. The van der Waals surface area contributed by atoms with Crippen molar-refractivity contribution in [3.63, 3.8) is 0 Å². The molecule has 1 heterocycles. The number of rotatable bonds is 1. The average Bonchev–Trinajstić information content (AvgIpc) is 2.24. The van der Waals surface area contributed by atoms with Crippen LogP contribution in [0.3, 0.4) is 0 Å². The maximum atomic E-state index is 11.2. The molecule has 0 amide bonds. The zero-order valence-electron chi connectivity index (χ0n) is 10.1. The number of hydrogen-bond acceptors (Lipinski definition) is 2. The third kappa shape index (κ3) is 2.41. The van der Waals surface area contributed by atoms with Gasteiger partial charge in [0.25, 0.3) is 0 Å². The molecule has 2 fully saturated rings. The maximum absolute atomic E-state index is 11.2. The Bertz CT molecular complexity index is 231. The van der Waals surface area contributed by atoms with Crippen molar-refractivity contribution in [2.24, 2.45) is 5.92 Å². The van der Waals surface area contributed by atoms with Crippen molar-refractivity contribution >= 4 is 5.78 Å². The summed E-state index contributed by atoms with van der Waals surface area (Å²) in [6.45, 7) is 6.77. The van der Waals surface area contributed by atoms with Crippen LogP contribution < -0.4 is 0 Å². The van der Waals surface area contributed by atoms with E-state index in [-0.39, 0.29) is 0 Å². The molecule has 0 unspecified atom stereocenters.